The third-order valence-corrected chi connectivity index (χ3v) is 5.48. The number of hydrogen-bond donors (Lipinski definition) is 2. The number of halogens is 2. The minimum atomic E-state index is -3.89. The molecule has 2 heterocycles. The molecule has 0 saturated heterocycles. The molecule has 14 heteroatoms. The van der Waals surface area contributed by atoms with Gasteiger partial charge in [-0.1, -0.05) is 35.5 Å². The quantitative estimate of drug-likeness (QED) is 0.502. The Bertz CT molecular complexity index is 1280. The van der Waals surface area contributed by atoms with Crippen molar-refractivity contribution in [2.24, 2.45) is 7.05 Å². The molecule has 33 heavy (non-hydrogen) atoms. The van der Waals surface area contributed by atoms with Crippen molar-refractivity contribution in [2.45, 2.75) is 12.5 Å². The van der Waals surface area contributed by atoms with Crippen LogP contribution in [0.15, 0.2) is 48.7 Å². The lowest BCUT2D eigenvalue weighted by Crippen LogP contribution is -2.39. The lowest BCUT2D eigenvalue weighted by Gasteiger charge is -2.29. The number of nitriles is 1. The zero-order chi connectivity index (χ0) is 24.2. The topological polar surface area (TPSA) is 154 Å². The first-order chi connectivity index (χ1) is 15.6. The third-order valence-electron chi connectivity index (χ3n) is 4.42. The maximum absolute atomic E-state index is 14.1. The zero-order valence-corrected chi connectivity index (χ0v) is 17.8. The van der Waals surface area contributed by atoms with Gasteiger partial charge in [0.05, 0.1) is 23.6 Å². The number of rotatable bonds is 8. The molecule has 0 fully saturated rings. The van der Waals surface area contributed by atoms with Crippen molar-refractivity contribution in [1.82, 2.24) is 20.0 Å². The molecule has 0 aliphatic heterocycles. The number of carboxylic acid groups (broad SMARTS) is 1. The van der Waals surface area contributed by atoms with Crippen LogP contribution in [0, 0.1) is 11.3 Å². The summed E-state index contributed by atoms with van der Waals surface area (Å²) in [6.07, 6.45) is -3.61. The van der Waals surface area contributed by atoms with Gasteiger partial charge in [-0.25, -0.2) is 31.6 Å². The van der Waals surface area contributed by atoms with E-state index in [2.05, 4.69) is 20.0 Å². The molecule has 2 N–H and O–H groups in total. The van der Waals surface area contributed by atoms with Crippen LogP contribution in [0.25, 0.3) is 11.4 Å². The smallest absolute Gasteiger partial charge is 0.413 e. The summed E-state index contributed by atoms with van der Waals surface area (Å²) in [6, 6.07) is 9.71. The van der Waals surface area contributed by atoms with Crippen molar-refractivity contribution in [1.29, 1.82) is 5.26 Å². The normalized spacial score (nSPS) is 12.2. The average Bonchev–Trinajstić information content (AvgIpc) is 3.13. The van der Waals surface area contributed by atoms with Gasteiger partial charge in [-0.2, -0.15) is 5.26 Å². The van der Waals surface area contributed by atoms with Crippen LogP contribution in [0.4, 0.5) is 25.1 Å². The van der Waals surface area contributed by atoms with Gasteiger partial charge in [0.15, 0.2) is 17.3 Å². The molecule has 172 valence electrons. The fraction of sp³-hybridized carbons (Fsp3) is 0.211. The summed E-state index contributed by atoms with van der Waals surface area (Å²) in [5, 5.41) is 26.0. The van der Waals surface area contributed by atoms with Gasteiger partial charge in [0.1, 0.15) is 6.04 Å². The Labute approximate surface area is 187 Å². The van der Waals surface area contributed by atoms with Crippen molar-refractivity contribution in [3.05, 3.63) is 54.2 Å². The highest BCUT2D eigenvalue weighted by Gasteiger charge is 2.38. The first-order valence-corrected chi connectivity index (χ1v) is 10.9. The Kier molecular flexibility index (Phi) is 6.83. The molecule has 0 radical (unpaired) electrons. The van der Waals surface area contributed by atoms with Crippen LogP contribution in [0.3, 0.4) is 0 Å². The van der Waals surface area contributed by atoms with Crippen molar-refractivity contribution >= 4 is 27.6 Å². The minimum absolute atomic E-state index is 0.0456. The summed E-state index contributed by atoms with van der Waals surface area (Å²) in [5.41, 5.74) is 0.0723. The fourth-order valence-corrected chi connectivity index (χ4v) is 3.80. The summed E-state index contributed by atoms with van der Waals surface area (Å²) in [7, 11) is -2.55. The largest absolute Gasteiger partial charge is 0.465 e. The Hall–Kier alpha value is -4.12. The van der Waals surface area contributed by atoms with Gasteiger partial charge in [0, 0.05) is 7.05 Å². The Morgan fingerprint density at radius 1 is 1.27 bits per heavy atom. The van der Waals surface area contributed by atoms with E-state index >= 15 is 0 Å². The summed E-state index contributed by atoms with van der Waals surface area (Å²) >= 11 is 0. The number of hydrogen-bond acceptors (Lipinski definition) is 7. The highest BCUT2D eigenvalue weighted by Crippen LogP contribution is 2.36. The number of aryl methyl sites for hydroxylation is 1. The van der Waals surface area contributed by atoms with Crippen LogP contribution in [-0.4, -0.2) is 51.8 Å². The van der Waals surface area contributed by atoms with Gasteiger partial charge in [0.25, 0.3) is 6.43 Å². The van der Waals surface area contributed by atoms with E-state index in [1.54, 1.807) is 6.07 Å². The van der Waals surface area contributed by atoms with Crippen LogP contribution >= 0.6 is 0 Å². The third kappa shape index (κ3) is 5.21. The van der Waals surface area contributed by atoms with Crippen LogP contribution in [-0.2, 0) is 17.1 Å². The number of amides is 1. The summed E-state index contributed by atoms with van der Waals surface area (Å²) in [5.74, 6) is -1.01. The molecular formula is C19H17F2N7O4S. The molecule has 0 aliphatic rings. The highest BCUT2D eigenvalue weighted by atomic mass is 32.2. The number of carbonyl (C=O) groups is 1. The van der Waals surface area contributed by atoms with Crippen molar-refractivity contribution < 1.29 is 27.1 Å². The number of anilines is 2. The van der Waals surface area contributed by atoms with E-state index in [1.165, 1.54) is 49.5 Å². The molecule has 0 aliphatic carbocycles. The molecule has 2 aromatic heterocycles. The van der Waals surface area contributed by atoms with Crippen molar-refractivity contribution in [2.75, 3.05) is 15.4 Å². The number of alkyl halides is 2. The molecule has 0 bridgehead atoms. The van der Waals surface area contributed by atoms with Gasteiger partial charge in [-0.15, -0.1) is 5.10 Å². The molecule has 1 amide bonds. The van der Waals surface area contributed by atoms with Crippen LogP contribution in [0.1, 0.15) is 11.6 Å². The van der Waals surface area contributed by atoms with Crippen molar-refractivity contribution in [3.63, 3.8) is 0 Å². The first-order valence-electron chi connectivity index (χ1n) is 9.23. The molecule has 0 saturated carbocycles. The number of benzene rings is 1. The second kappa shape index (κ2) is 9.57. The molecule has 1 aromatic carbocycles. The Morgan fingerprint density at radius 3 is 2.52 bits per heavy atom. The second-order valence-electron chi connectivity index (χ2n) is 6.68. The second-order valence-corrected chi connectivity index (χ2v) is 8.40. The Morgan fingerprint density at radius 2 is 1.97 bits per heavy atom. The minimum Gasteiger partial charge on any atom is -0.465 e. The summed E-state index contributed by atoms with van der Waals surface area (Å²) in [6.45, 7) is 0. The maximum Gasteiger partial charge on any atom is 0.413 e. The molecule has 11 nitrogen and oxygen atoms in total. The van der Waals surface area contributed by atoms with Gasteiger partial charge in [-0.05, 0) is 17.7 Å². The molecule has 1 unspecified atom stereocenters. The molecule has 3 aromatic rings. The molecule has 0 spiro atoms. The monoisotopic (exact) mass is 477 g/mol. The van der Waals surface area contributed by atoms with E-state index in [9.17, 15) is 27.1 Å². The Balaban J connectivity index is 2.05. The van der Waals surface area contributed by atoms with Gasteiger partial charge < -0.3 is 5.11 Å². The van der Waals surface area contributed by atoms with E-state index < -0.39 is 34.3 Å². The van der Waals surface area contributed by atoms with Crippen LogP contribution < -0.4 is 9.62 Å². The molecular weight excluding hydrogens is 460 g/mol. The lowest BCUT2D eigenvalue weighted by molar-refractivity contribution is 0.107. The number of aromatic nitrogens is 4. The molecule has 3 rings (SSSR count). The summed E-state index contributed by atoms with van der Waals surface area (Å²) in [4.78, 5) is 16.7. The van der Waals surface area contributed by atoms with E-state index in [-0.39, 0.29) is 28.5 Å². The lowest BCUT2D eigenvalue weighted by atomic mass is 10.1. The standard InChI is InChI=1S/C19H17F2N7O4S/c1-27-18(28(19(29)30)16(17(20)21)12-5-3-2-4-6-12)15(24-26-27)14-8-7-13(11-23-14)25-33(31,32)10-9-22/h2-8,11,16-17,25H,10H2,1H3,(H,29,30). The molecule has 1 atom stereocenters. The highest BCUT2D eigenvalue weighted by molar-refractivity contribution is 7.92. The number of nitrogens with zero attached hydrogens (tertiary/aromatic N) is 6. The maximum atomic E-state index is 14.1. The predicted molar refractivity (Wildman–Crippen MR) is 113 cm³/mol. The van der Waals surface area contributed by atoms with Crippen LogP contribution in [0.5, 0.6) is 0 Å². The predicted octanol–water partition coefficient (Wildman–Crippen LogP) is 2.63. The summed E-state index contributed by atoms with van der Waals surface area (Å²) < 4.78 is 54.8. The van der Waals surface area contributed by atoms with Gasteiger partial charge in [-0.3, -0.25) is 9.71 Å². The number of sulfonamides is 1. The van der Waals surface area contributed by atoms with E-state index in [0.717, 1.165) is 10.9 Å². The number of pyridine rings is 1. The fourth-order valence-electron chi connectivity index (χ4n) is 3.08. The van der Waals surface area contributed by atoms with Gasteiger partial charge in [0.2, 0.25) is 10.0 Å². The van der Waals surface area contributed by atoms with E-state index in [0.29, 0.717) is 4.90 Å². The number of nitrogens with one attached hydrogen (secondary N) is 1. The first kappa shape index (κ1) is 23.5. The van der Waals surface area contributed by atoms with Gasteiger partial charge >= 0.3 is 6.09 Å². The van der Waals surface area contributed by atoms with E-state index in [4.69, 9.17) is 5.26 Å². The van der Waals surface area contributed by atoms with Crippen LogP contribution in [0.2, 0.25) is 0 Å². The average molecular weight is 477 g/mol. The SMILES string of the molecule is Cn1nnc(-c2ccc(NS(=O)(=O)CC#N)cn2)c1N(C(=O)O)C(c1ccccc1)C(F)F. The van der Waals surface area contributed by atoms with E-state index in [1.807, 2.05) is 0 Å². The van der Waals surface area contributed by atoms with Crippen molar-refractivity contribution in [3.8, 4) is 17.5 Å². The zero-order valence-electron chi connectivity index (χ0n) is 17.0.